The number of amides is 1. The van der Waals surface area contributed by atoms with Crippen LogP contribution in [0.15, 0.2) is 12.4 Å². The van der Waals surface area contributed by atoms with Crippen molar-refractivity contribution in [2.75, 3.05) is 13.6 Å². The zero-order valence-electron chi connectivity index (χ0n) is 11.6. The van der Waals surface area contributed by atoms with Crippen molar-refractivity contribution >= 4 is 5.91 Å². The second kappa shape index (κ2) is 7.16. The lowest BCUT2D eigenvalue weighted by atomic mass is 10.0. The molecule has 1 aromatic rings. The second-order valence-corrected chi connectivity index (χ2v) is 4.93. The minimum absolute atomic E-state index is 0.168. The van der Waals surface area contributed by atoms with Crippen LogP contribution in [0.3, 0.4) is 0 Å². The van der Waals surface area contributed by atoms with Gasteiger partial charge in [0.1, 0.15) is 5.82 Å². The van der Waals surface area contributed by atoms with Crippen molar-refractivity contribution in [1.29, 1.82) is 0 Å². The first kappa shape index (κ1) is 14.7. The zero-order chi connectivity index (χ0) is 13.5. The summed E-state index contributed by atoms with van der Waals surface area (Å²) in [5, 5.41) is 0. The summed E-state index contributed by atoms with van der Waals surface area (Å²) in [7, 11) is 3.76. The molecule has 1 rings (SSSR count). The first-order chi connectivity index (χ1) is 8.54. The van der Waals surface area contributed by atoms with Gasteiger partial charge in [-0.15, -0.1) is 0 Å². The molecule has 0 aliphatic rings. The number of carbonyl (C=O) groups excluding carboxylic acids is 1. The van der Waals surface area contributed by atoms with Crippen LogP contribution in [0.2, 0.25) is 0 Å². The topological polar surface area (TPSA) is 64.2 Å². The van der Waals surface area contributed by atoms with Crippen LogP contribution in [0.5, 0.6) is 0 Å². The number of rotatable bonds is 7. The highest BCUT2D eigenvalue weighted by Crippen LogP contribution is 2.11. The van der Waals surface area contributed by atoms with Crippen molar-refractivity contribution in [2.45, 2.75) is 32.7 Å². The number of carbonyl (C=O) groups is 1. The minimum atomic E-state index is 0.168. The molecule has 0 fully saturated rings. The van der Waals surface area contributed by atoms with E-state index in [-0.39, 0.29) is 5.91 Å². The summed E-state index contributed by atoms with van der Waals surface area (Å²) < 4.78 is 1.93. The molecule has 1 atom stereocenters. The molecule has 5 nitrogen and oxygen atoms in total. The normalized spacial score (nSPS) is 12.4. The monoisotopic (exact) mass is 252 g/mol. The molecule has 5 heteroatoms. The van der Waals surface area contributed by atoms with E-state index in [1.165, 1.54) is 0 Å². The van der Waals surface area contributed by atoms with Gasteiger partial charge in [0.25, 0.3) is 0 Å². The molecule has 0 aliphatic heterocycles. The Kier molecular flexibility index (Phi) is 5.85. The summed E-state index contributed by atoms with van der Waals surface area (Å²) >= 11 is 0. The van der Waals surface area contributed by atoms with Crippen LogP contribution < -0.4 is 5.73 Å². The molecule has 0 spiro atoms. The second-order valence-electron chi connectivity index (χ2n) is 4.93. The molecule has 18 heavy (non-hydrogen) atoms. The van der Waals surface area contributed by atoms with E-state index in [9.17, 15) is 4.79 Å². The van der Waals surface area contributed by atoms with E-state index >= 15 is 0 Å². The van der Waals surface area contributed by atoms with E-state index in [0.717, 1.165) is 18.7 Å². The van der Waals surface area contributed by atoms with E-state index < -0.39 is 0 Å². The van der Waals surface area contributed by atoms with E-state index in [2.05, 4.69) is 11.9 Å². The fourth-order valence-corrected chi connectivity index (χ4v) is 1.84. The van der Waals surface area contributed by atoms with Gasteiger partial charge in [0.05, 0.1) is 6.54 Å². The van der Waals surface area contributed by atoms with Crippen molar-refractivity contribution in [3.63, 3.8) is 0 Å². The van der Waals surface area contributed by atoms with Gasteiger partial charge in [-0.3, -0.25) is 4.79 Å². The average molecular weight is 252 g/mol. The van der Waals surface area contributed by atoms with E-state index in [1.54, 1.807) is 11.1 Å². The first-order valence-electron chi connectivity index (χ1n) is 6.44. The fourth-order valence-electron chi connectivity index (χ4n) is 1.84. The van der Waals surface area contributed by atoms with Gasteiger partial charge in [0.2, 0.25) is 5.91 Å². The molecule has 2 N–H and O–H groups in total. The Bertz CT molecular complexity index is 375. The Labute approximate surface area is 109 Å². The molecule has 0 saturated carbocycles. The molecule has 1 unspecified atom stereocenters. The van der Waals surface area contributed by atoms with Crippen molar-refractivity contribution in [3.8, 4) is 0 Å². The smallest absolute Gasteiger partial charge is 0.222 e. The Morgan fingerprint density at radius 3 is 2.83 bits per heavy atom. The fraction of sp³-hybridized carbons (Fsp3) is 0.692. The number of nitrogens with zero attached hydrogens (tertiary/aromatic N) is 3. The first-order valence-corrected chi connectivity index (χ1v) is 6.44. The van der Waals surface area contributed by atoms with Crippen molar-refractivity contribution in [3.05, 3.63) is 18.2 Å². The Morgan fingerprint density at radius 1 is 1.56 bits per heavy atom. The van der Waals surface area contributed by atoms with Crippen LogP contribution in [-0.2, 0) is 18.4 Å². The lowest BCUT2D eigenvalue weighted by Crippen LogP contribution is -2.27. The third-order valence-electron chi connectivity index (χ3n) is 3.24. The van der Waals surface area contributed by atoms with Crippen LogP contribution in [0, 0.1) is 5.92 Å². The Balaban J connectivity index is 2.35. The van der Waals surface area contributed by atoms with Crippen LogP contribution >= 0.6 is 0 Å². The summed E-state index contributed by atoms with van der Waals surface area (Å²) in [6.07, 6.45) is 6.10. The van der Waals surface area contributed by atoms with Crippen molar-refractivity contribution in [2.24, 2.45) is 18.7 Å². The molecule has 102 valence electrons. The SMILES string of the molecule is CC(CCN)CCC(=O)N(C)Cc1nccn1C. The Morgan fingerprint density at radius 2 is 2.28 bits per heavy atom. The molecule has 1 heterocycles. The van der Waals surface area contributed by atoms with Gasteiger partial charge in [-0.1, -0.05) is 6.92 Å². The van der Waals surface area contributed by atoms with Crippen molar-refractivity contribution in [1.82, 2.24) is 14.5 Å². The number of aromatic nitrogens is 2. The van der Waals surface area contributed by atoms with Crippen LogP contribution in [-0.4, -0.2) is 34.0 Å². The maximum absolute atomic E-state index is 11.9. The standard InChI is InChI=1S/C13H24N4O/c1-11(6-7-14)4-5-13(18)17(3)10-12-15-8-9-16(12)2/h8-9,11H,4-7,10,14H2,1-3H3. The van der Waals surface area contributed by atoms with Crippen LogP contribution in [0.4, 0.5) is 0 Å². The van der Waals surface area contributed by atoms with E-state index in [0.29, 0.717) is 25.4 Å². The molecular formula is C13H24N4O. The summed E-state index contributed by atoms with van der Waals surface area (Å²) in [4.78, 5) is 17.9. The van der Waals surface area contributed by atoms with Gasteiger partial charge in [0.15, 0.2) is 0 Å². The predicted molar refractivity (Wildman–Crippen MR) is 71.8 cm³/mol. The Hall–Kier alpha value is -1.36. The molecule has 1 aromatic heterocycles. The maximum Gasteiger partial charge on any atom is 0.222 e. The number of hydrogen-bond donors (Lipinski definition) is 1. The molecule has 0 radical (unpaired) electrons. The van der Waals surface area contributed by atoms with Crippen LogP contribution in [0.1, 0.15) is 32.0 Å². The molecule has 1 amide bonds. The van der Waals surface area contributed by atoms with E-state index in [1.807, 2.05) is 24.9 Å². The van der Waals surface area contributed by atoms with Crippen LogP contribution in [0.25, 0.3) is 0 Å². The van der Waals surface area contributed by atoms with Gasteiger partial charge in [-0.25, -0.2) is 4.98 Å². The maximum atomic E-state index is 11.9. The largest absolute Gasteiger partial charge is 0.338 e. The summed E-state index contributed by atoms with van der Waals surface area (Å²) in [5.74, 6) is 1.59. The zero-order valence-corrected chi connectivity index (χ0v) is 11.6. The van der Waals surface area contributed by atoms with Gasteiger partial charge in [-0.05, 0) is 25.3 Å². The number of nitrogens with two attached hydrogens (primary N) is 1. The van der Waals surface area contributed by atoms with Gasteiger partial charge < -0.3 is 15.2 Å². The number of aryl methyl sites for hydroxylation is 1. The molecular weight excluding hydrogens is 228 g/mol. The summed E-state index contributed by atoms with van der Waals surface area (Å²) in [6, 6.07) is 0. The summed E-state index contributed by atoms with van der Waals surface area (Å²) in [5.41, 5.74) is 5.50. The van der Waals surface area contributed by atoms with Gasteiger partial charge in [-0.2, -0.15) is 0 Å². The van der Waals surface area contributed by atoms with Gasteiger partial charge in [0, 0.05) is 32.9 Å². The third-order valence-corrected chi connectivity index (χ3v) is 3.24. The number of imidazole rings is 1. The lowest BCUT2D eigenvalue weighted by molar-refractivity contribution is -0.130. The number of hydrogen-bond acceptors (Lipinski definition) is 3. The quantitative estimate of drug-likeness (QED) is 0.791. The van der Waals surface area contributed by atoms with E-state index in [4.69, 9.17) is 5.73 Å². The highest BCUT2D eigenvalue weighted by atomic mass is 16.2. The predicted octanol–water partition coefficient (Wildman–Crippen LogP) is 1.14. The average Bonchev–Trinajstić information content (AvgIpc) is 2.72. The lowest BCUT2D eigenvalue weighted by Gasteiger charge is -2.18. The molecule has 0 aromatic carbocycles. The molecule has 0 bridgehead atoms. The molecule has 0 saturated heterocycles. The van der Waals surface area contributed by atoms with Gasteiger partial charge >= 0.3 is 0 Å². The molecule has 0 aliphatic carbocycles. The highest BCUT2D eigenvalue weighted by molar-refractivity contribution is 5.75. The minimum Gasteiger partial charge on any atom is -0.338 e. The third kappa shape index (κ3) is 4.49. The summed E-state index contributed by atoms with van der Waals surface area (Å²) in [6.45, 7) is 3.39. The van der Waals surface area contributed by atoms with Crippen molar-refractivity contribution < 1.29 is 4.79 Å². The highest BCUT2D eigenvalue weighted by Gasteiger charge is 2.12.